The van der Waals surface area contributed by atoms with Crippen LogP contribution in [-0.4, -0.2) is 26.3 Å². The Labute approximate surface area is 142 Å². The molecule has 0 amide bonds. The lowest BCUT2D eigenvalue weighted by atomic mass is 10.1. The number of aryl methyl sites for hydroxylation is 1. The maximum atomic E-state index is 14.5. The van der Waals surface area contributed by atoms with Crippen molar-refractivity contribution in [2.24, 2.45) is 0 Å². The van der Waals surface area contributed by atoms with Crippen molar-refractivity contribution in [2.45, 2.75) is 25.4 Å². The molecule has 2 aromatic rings. The monoisotopic (exact) mass is 326 g/mol. The number of hydrogen-bond acceptors (Lipinski definition) is 3. The number of morpholine rings is 1. The predicted molar refractivity (Wildman–Crippen MR) is 93.8 cm³/mol. The second kappa shape index (κ2) is 6.91. The fourth-order valence-electron chi connectivity index (χ4n) is 3.73. The number of anilines is 1. The van der Waals surface area contributed by atoms with Gasteiger partial charge in [-0.2, -0.15) is 0 Å². The summed E-state index contributed by atoms with van der Waals surface area (Å²) in [5, 5.41) is 3.58. The highest BCUT2D eigenvalue weighted by atomic mass is 19.1. The smallest absolute Gasteiger partial charge is 0.146 e. The van der Waals surface area contributed by atoms with Gasteiger partial charge in [-0.05, 0) is 41.7 Å². The summed E-state index contributed by atoms with van der Waals surface area (Å²) in [6.45, 7) is 3.55. The second-order valence-electron chi connectivity index (χ2n) is 6.56. The summed E-state index contributed by atoms with van der Waals surface area (Å²) in [6.07, 6.45) is 2.24. The lowest BCUT2D eigenvalue weighted by Gasteiger charge is -2.29. The highest BCUT2D eigenvalue weighted by Crippen LogP contribution is 2.31. The standard InChI is InChI=1S/C20H23FN2O/c21-18-13-15(5-8-20(18)23-9-11-24-12-10-23)14-22-19-7-6-16-3-1-2-4-17(16)19/h1-5,8,13,19,22H,6-7,9-12,14H2. The van der Waals surface area contributed by atoms with Gasteiger partial charge in [-0.25, -0.2) is 4.39 Å². The van der Waals surface area contributed by atoms with E-state index in [-0.39, 0.29) is 5.82 Å². The Morgan fingerprint density at radius 2 is 1.96 bits per heavy atom. The summed E-state index contributed by atoms with van der Waals surface area (Å²) in [4.78, 5) is 2.06. The molecule has 1 atom stereocenters. The Hall–Kier alpha value is -1.91. The number of nitrogens with one attached hydrogen (secondary N) is 1. The Kier molecular flexibility index (Phi) is 4.50. The zero-order valence-electron chi connectivity index (χ0n) is 13.8. The van der Waals surface area contributed by atoms with Gasteiger partial charge in [0.2, 0.25) is 0 Å². The van der Waals surface area contributed by atoms with Crippen molar-refractivity contribution < 1.29 is 9.13 Å². The van der Waals surface area contributed by atoms with Crippen LogP contribution >= 0.6 is 0 Å². The zero-order valence-corrected chi connectivity index (χ0v) is 13.8. The van der Waals surface area contributed by atoms with E-state index >= 15 is 0 Å². The summed E-state index contributed by atoms with van der Waals surface area (Å²) in [5.74, 6) is -0.136. The lowest BCUT2D eigenvalue weighted by molar-refractivity contribution is 0.122. The first-order chi connectivity index (χ1) is 11.8. The summed E-state index contributed by atoms with van der Waals surface area (Å²) in [5.41, 5.74) is 4.51. The maximum absolute atomic E-state index is 14.5. The SMILES string of the molecule is Fc1cc(CNC2CCc3ccccc32)ccc1N1CCOCC1. The van der Waals surface area contributed by atoms with Crippen LogP contribution in [0.5, 0.6) is 0 Å². The highest BCUT2D eigenvalue weighted by Gasteiger charge is 2.21. The van der Waals surface area contributed by atoms with E-state index in [0.717, 1.165) is 31.5 Å². The van der Waals surface area contributed by atoms with Crippen LogP contribution in [-0.2, 0) is 17.7 Å². The summed E-state index contributed by atoms with van der Waals surface area (Å²) >= 11 is 0. The van der Waals surface area contributed by atoms with Crippen LogP contribution in [0, 0.1) is 5.82 Å². The van der Waals surface area contributed by atoms with Gasteiger partial charge in [0, 0.05) is 25.7 Å². The molecule has 1 unspecified atom stereocenters. The number of rotatable bonds is 4. The molecule has 3 nitrogen and oxygen atoms in total. The summed E-state index contributed by atoms with van der Waals surface area (Å²) in [6, 6.07) is 14.6. The molecule has 24 heavy (non-hydrogen) atoms. The lowest BCUT2D eigenvalue weighted by Crippen LogP contribution is -2.36. The molecule has 4 heteroatoms. The number of nitrogens with zero attached hydrogens (tertiary/aromatic N) is 1. The van der Waals surface area contributed by atoms with Crippen molar-refractivity contribution in [3.63, 3.8) is 0 Å². The number of ether oxygens (including phenoxy) is 1. The molecule has 0 aromatic heterocycles. The van der Waals surface area contributed by atoms with Gasteiger partial charge in [-0.3, -0.25) is 0 Å². The third kappa shape index (κ3) is 3.17. The van der Waals surface area contributed by atoms with Gasteiger partial charge in [0.05, 0.1) is 18.9 Å². The van der Waals surface area contributed by atoms with Crippen LogP contribution in [0.15, 0.2) is 42.5 Å². The Bertz CT molecular complexity index is 713. The van der Waals surface area contributed by atoms with E-state index in [1.807, 2.05) is 12.1 Å². The minimum Gasteiger partial charge on any atom is -0.378 e. The van der Waals surface area contributed by atoms with E-state index in [2.05, 4.69) is 34.5 Å². The van der Waals surface area contributed by atoms with Crippen molar-refractivity contribution in [3.8, 4) is 0 Å². The first-order valence-corrected chi connectivity index (χ1v) is 8.73. The average Bonchev–Trinajstić information content (AvgIpc) is 3.04. The highest BCUT2D eigenvalue weighted by molar-refractivity contribution is 5.49. The molecule has 1 aliphatic carbocycles. The first kappa shape index (κ1) is 15.6. The molecule has 1 saturated heterocycles. The Morgan fingerprint density at radius 3 is 2.79 bits per heavy atom. The summed E-state index contributed by atoms with van der Waals surface area (Å²) < 4.78 is 19.8. The Morgan fingerprint density at radius 1 is 1.12 bits per heavy atom. The molecular formula is C20H23FN2O. The predicted octanol–water partition coefficient (Wildman–Crippen LogP) is 3.44. The molecular weight excluding hydrogens is 303 g/mol. The molecule has 4 rings (SSSR count). The zero-order chi connectivity index (χ0) is 16.4. The van der Waals surface area contributed by atoms with Crippen LogP contribution in [0.3, 0.4) is 0 Å². The van der Waals surface area contributed by atoms with Gasteiger partial charge < -0.3 is 15.0 Å². The molecule has 2 aromatic carbocycles. The molecule has 1 N–H and O–H groups in total. The van der Waals surface area contributed by atoms with Crippen molar-refractivity contribution in [3.05, 3.63) is 65.0 Å². The molecule has 2 aliphatic rings. The molecule has 1 fully saturated rings. The van der Waals surface area contributed by atoms with Crippen LogP contribution in [0.1, 0.15) is 29.2 Å². The normalized spacial score (nSPS) is 20.2. The third-order valence-electron chi connectivity index (χ3n) is 5.05. The molecule has 1 heterocycles. The van der Waals surface area contributed by atoms with Crippen molar-refractivity contribution in [2.75, 3.05) is 31.2 Å². The van der Waals surface area contributed by atoms with Crippen LogP contribution < -0.4 is 10.2 Å². The Balaban J connectivity index is 1.41. The average molecular weight is 326 g/mol. The minimum atomic E-state index is -0.136. The van der Waals surface area contributed by atoms with Gasteiger partial charge >= 0.3 is 0 Å². The van der Waals surface area contributed by atoms with Gasteiger partial charge in [0.25, 0.3) is 0 Å². The first-order valence-electron chi connectivity index (χ1n) is 8.73. The fourth-order valence-corrected chi connectivity index (χ4v) is 3.73. The van der Waals surface area contributed by atoms with Gasteiger partial charge in [0.1, 0.15) is 5.82 Å². The minimum absolute atomic E-state index is 0.136. The number of halogens is 1. The quantitative estimate of drug-likeness (QED) is 0.931. The molecule has 1 aliphatic heterocycles. The van der Waals surface area contributed by atoms with E-state index in [1.165, 1.54) is 11.1 Å². The van der Waals surface area contributed by atoms with E-state index in [9.17, 15) is 4.39 Å². The summed E-state index contributed by atoms with van der Waals surface area (Å²) in [7, 11) is 0. The van der Waals surface area contributed by atoms with Crippen LogP contribution in [0.25, 0.3) is 0 Å². The topological polar surface area (TPSA) is 24.5 Å². The van der Waals surface area contributed by atoms with E-state index < -0.39 is 0 Å². The maximum Gasteiger partial charge on any atom is 0.146 e. The van der Waals surface area contributed by atoms with E-state index in [0.29, 0.717) is 31.5 Å². The molecule has 0 spiro atoms. The number of fused-ring (bicyclic) bond motifs is 1. The van der Waals surface area contributed by atoms with Gasteiger partial charge in [-0.15, -0.1) is 0 Å². The van der Waals surface area contributed by atoms with E-state index in [4.69, 9.17) is 4.74 Å². The third-order valence-corrected chi connectivity index (χ3v) is 5.05. The van der Waals surface area contributed by atoms with E-state index in [1.54, 1.807) is 6.07 Å². The van der Waals surface area contributed by atoms with Crippen molar-refractivity contribution >= 4 is 5.69 Å². The number of benzene rings is 2. The number of hydrogen-bond donors (Lipinski definition) is 1. The van der Waals surface area contributed by atoms with Crippen molar-refractivity contribution in [1.82, 2.24) is 5.32 Å². The molecule has 0 radical (unpaired) electrons. The molecule has 126 valence electrons. The molecule has 0 bridgehead atoms. The van der Waals surface area contributed by atoms with Gasteiger partial charge in [0.15, 0.2) is 0 Å². The van der Waals surface area contributed by atoms with Crippen LogP contribution in [0.2, 0.25) is 0 Å². The fraction of sp³-hybridized carbons (Fsp3) is 0.400. The van der Waals surface area contributed by atoms with Gasteiger partial charge in [-0.1, -0.05) is 30.3 Å². The second-order valence-corrected chi connectivity index (χ2v) is 6.56. The largest absolute Gasteiger partial charge is 0.378 e. The van der Waals surface area contributed by atoms with Crippen molar-refractivity contribution in [1.29, 1.82) is 0 Å². The van der Waals surface area contributed by atoms with Crippen LogP contribution in [0.4, 0.5) is 10.1 Å². The molecule has 0 saturated carbocycles.